The van der Waals surface area contributed by atoms with Crippen LogP contribution in [0.1, 0.15) is 0 Å². The van der Waals surface area contributed by atoms with E-state index in [0.717, 1.165) is 0 Å². The summed E-state index contributed by atoms with van der Waals surface area (Å²) in [7, 11) is 0. The fourth-order valence-electron chi connectivity index (χ4n) is 0. The molecule has 0 unspecified atom stereocenters. The molecule has 0 aromatic heterocycles. The molecule has 0 aliphatic heterocycles. The third-order valence-corrected chi connectivity index (χ3v) is 0. The molecular weight excluding hydrogens is 156 g/mol. The molecule has 0 spiro atoms. The summed E-state index contributed by atoms with van der Waals surface area (Å²) in [4.78, 5) is 24.7. The van der Waals surface area contributed by atoms with Crippen LogP contribution in [0.3, 0.4) is 0 Å². The van der Waals surface area contributed by atoms with Gasteiger partial charge in [0.25, 0.3) is 0 Å². The Labute approximate surface area is 60.9 Å². The Morgan fingerprint density at radius 2 is 1.20 bits per heavy atom. The molecule has 0 N–H and O–H groups in total. The van der Waals surface area contributed by atoms with E-state index in [-0.39, 0.29) is 11.0 Å². The number of hydrogen-bond donors (Lipinski definition) is 0. The van der Waals surface area contributed by atoms with Crippen molar-refractivity contribution >= 4 is 29.6 Å². The Kier molecular flexibility index (Phi) is 350. The van der Waals surface area contributed by atoms with Gasteiger partial charge in [-0.05, 0) is 12.2 Å². The largest absolute Gasteiger partial charge is 3.00 e. The standard InChI is InChI=1S/2CNO.CH2O2.Si/c3*2-1-3;/h;;1H,(H,2,3);/q2*-1;;+3/p-1. The summed E-state index contributed by atoms with van der Waals surface area (Å²) < 4.78 is 0. The Hall–Kier alpha value is -1.55. The first-order valence-electron chi connectivity index (χ1n) is 1.33. The SMILES string of the molecule is O=C[O-].[N-]=C=O.[N-]=C=O.[Si+3]. The van der Waals surface area contributed by atoms with Gasteiger partial charge in [0.1, 0.15) is 0 Å². The molecule has 0 saturated carbocycles. The van der Waals surface area contributed by atoms with E-state index in [1.165, 1.54) is 0 Å². The van der Waals surface area contributed by atoms with Gasteiger partial charge in [0, 0.05) is 6.47 Å². The zero-order valence-corrected chi connectivity index (χ0v) is 5.60. The Bertz CT molecular complexity index is 102. The average Bonchev–Trinajstić information content (AvgIpc) is 1.70. The second-order valence-corrected chi connectivity index (χ2v) is 0.279. The van der Waals surface area contributed by atoms with Crippen LogP contribution in [0.15, 0.2) is 0 Å². The first-order valence-corrected chi connectivity index (χ1v) is 1.33. The van der Waals surface area contributed by atoms with Gasteiger partial charge in [-0.25, -0.2) is 0 Å². The molecule has 51 valence electrons. The van der Waals surface area contributed by atoms with Crippen molar-refractivity contribution in [3.8, 4) is 0 Å². The molecule has 0 rings (SSSR count). The second kappa shape index (κ2) is 148. The maximum absolute atomic E-state index is 8.25. The fourth-order valence-corrected chi connectivity index (χ4v) is 0. The molecule has 0 fully saturated rings. The number of carbonyl (C=O) groups is 1. The van der Waals surface area contributed by atoms with E-state index < -0.39 is 6.47 Å². The normalized spacial score (nSPS) is 2.80. The zero-order chi connectivity index (χ0) is 8.12. The smallest absolute Gasteiger partial charge is 0.724 e. The van der Waals surface area contributed by atoms with Gasteiger partial charge in [-0.3, -0.25) is 9.59 Å². The summed E-state index contributed by atoms with van der Waals surface area (Å²) in [6.45, 7) is -0.500. The predicted octanol–water partition coefficient (Wildman–Crippen LogP) is -2.23. The molecule has 0 aliphatic carbocycles. The van der Waals surface area contributed by atoms with Crippen molar-refractivity contribution in [1.29, 1.82) is 0 Å². The Morgan fingerprint density at radius 3 is 1.20 bits per heavy atom. The van der Waals surface area contributed by atoms with Crippen LogP contribution in [0.5, 0.6) is 0 Å². The van der Waals surface area contributed by atoms with E-state index in [0.29, 0.717) is 12.2 Å². The zero-order valence-electron chi connectivity index (χ0n) is 4.60. The fraction of sp³-hybridized carbons (Fsp3) is 0. The van der Waals surface area contributed by atoms with E-state index in [1.54, 1.807) is 0 Å². The monoisotopic (exact) mass is 157 g/mol. The van der Waals surface area contributed by atoms with Crippen molar-refractivity contribution in [2.24, 2.45) is 0 Å². The molecule has 10 heavy (non-hydrogen) atoms. The van der Waals surface area contributed by atoms with Gasteiger partial charge >= 0.3 is 11.0 Å². The predicted molar refractivity (Wildman–Crippen MR) is 29.9 cm³/mol. The Morgan fingerprint density at radius 1 is 1.20 bits per heavy atom. The van der Waals surface area contributed by atoms with Crippen molar-refractivity contribution in [1.82, 2.24) is 0 Å². The van der Waals surface area contributed by atoms with Crippen molar-refractivity contribution in [3.63, 3.8) is 0 Å². The summed E-state index contributed by atoms with van der Waals surface area (Å²) in [6.07, 6.45) is 1.00. The quantitative estimate of drug-likeness (QED) is 0.171. The minimum atomic E-state index is -0.500. The third-order valence-electron chi connectivity index (χ3n) is 0. The summed E-state index contributed by atoms with van der Waals surface area (Å²) in [5.74, 6) is 0. The molecule has 0 aromatic carbocycles. The summed E-state index contributed by atoms with van der Waals surface area (Å²) in [6, 6.07) is 0. The van der Waals surface area contributed by atoms with Crippen LogP contribution in [0.25, 0.3) is 10.8 Å². The van der Waals surface area contributed by atoms with E-state index in [4.69, 9.17) is 30.3 Å². The number of nitrogens with zero attached hydrogens (tertiary/aromatic N) is 2. The maximum atomic E-state index is 8.25. The molecule has 0 saturated heterocycles. The van der Waals surface area contributed by atoms with Crippen molar-refractivity contribution in [2.45, 2.75) is 0 Å². The van der Waals surface area contributed by atoms with Gasteiger partial charge in [0.15, 0.2) is 0 Å². The van der Waals surface area contributed by atoms with Crippen LogP contribution >= 0.6 is 0 Å². The third kappa shape index (κ3) is 79.3. The topological polar surface area (TPSA) is 119 Å². The van der Waals surface area contributed by atoms with Crippen LogP contribution in [0.2, 0.25) is 0 Å². The summed E-state index contributed by atoms with van der Waals surface area (Å²) in [5, 5.41) is 21.8. The van der Waals surface area contributed by atoms with E-state index in [2.05, 4.69) is 0 Å². The minimum Gasteiger partial charge on any atom is -0.724 e. The van der Waals surface area contributed by atoms with E-state index >= 15 is 0 Å². The van der Waals surface area contributed by atoms with Crippen molar-refractivity contribution < 1.29 is 19.5 Å². The van der Waals surface area contributed by atoms with Gasteiger partial charge in [-0.15, -0.1) is 0 Å². The molecule has 0 aliphatic rings. The minimum absolute atomic E-state index is 0. The van der Waals surface area contributed by atoms with Crippen LogP contribution in [-0.4, -0.2) is 29.6 Å². The maximum Gasteiger partial charge on any atom is 3.00 e. The number of rotatable bonds is 0. The molecule has 0 aromatic rings. The first-order chi connectivity index (χ1) is 4.24. The number of hydrogen-bond acceptors (Lipinski definition) is 4. The van der Waals surface area contributed by atoms with Crippen molar-refractivity contribution in [3.05, 3.63) is 10.8 Å². The molecular formula is C3HN2O4Si. The molecule has 6 nitrogen and oxygen atoms in total. The molecule has 0 amide bonds. The average molecular weight is 157 g/mol. The molecule has 0 atom stereocenters. The Balaban J connectivity index is -0.0000000257. The van der Waals surface area contributed by atoms with E-state index in [9.17, 15) is 0 Å². The van der Waals surface area contributed by atoms with Crippen LogP contribution in [0.4, 0.5) is 0 Å². The summed E-state index contributed by atoms with van der Waals surface area (Å²) in [5.41, 5.74) is 0. The summed E-state index contributed by atoms with van der Waals surface area (Å²) >= 11 is 0. The van der Waals surface area contributed by atoms with Crippen LogP contribution < -0.4 is 5.11 Å². The van der Waals surface area contributed by atoms with Gasteiger partial charge in [0.05, 0.1) is 0 Å². The number of isocyanates is 2. The second-order valence-electron chi connectivity index (χ2n) is 0.279. The number of carbonyl (C=O) groups excluding carboxylic acids is 3. The van der Waals surface area contributed by atoms with E-state index in [1.807, 2.05) is 0 Å². The molecule has 1 radical (unpaired) electrons. The van der Waals surface area contributed by atoms with Crippen LogP contribution in [-0.2, 0) is 14.4 Å². The van der Waals surface area contributed by atoms with Crippen LogP contribution in [0, 0.1) is 0 Å². The van der Waals surface area contributed by atoms with Gasteiger partial charge in [-0.2, -0.15) is 0 Å². The molecule has 0 heterocycles. The van der Waals surface area contributed by atoms with Gasteiger partial charge in [0.2, 0.25) is 0 Å². The van der Waals surface area contributed by atoms with Gasteiger partial charge < -0.3 is 20.7 Å². The van der Waals surface area contributed by atoms with Gasteiger partial charge in [-0.1, -0.05) is 0 Å². The van der Waals surface area contributed by atoms with Crippen molar-refractivity contribution in [2.75, 3.05) is 0 Å². The first kappa shape index (κ1) is 23.7. The number of carboxylic acid groups (broad SMARTS) is 1. The molecule has 7 heteroatoms. The molecule has 0 bridgehead atoms.